The summed E-state index contributed by atoms with van der Waals surface area (Å²) >= 11 is 0. The second-order valence-electron chi connectivity index (χ2n) is 21.9. The van der Waals surface area contributed by atoms with Crippen molar-refractivity contribution in [1.29, 1.82) is 0 Å². The molecule has 2 aromatic rings. The van der Waals surface area contributed by atoms with E-state index in [4.69, 9.17) is 0 Å². The Labute approximate surface area is 436 Å². The standard InChI is InChI=1S/C68H112N2/c1-9-17-22-26-27-28-29-30-31-32-33-34-35-36-37-38-39-40-44-52-66-65(50-21-13-5)67(61-53-57(45-14-6)63(47-16-8)58(54-61)46-15-7)70(69)68(66)62-55-59(48-41-23-18-10-2)64(51-43-25-20-12-4)60(56-62)49-42-24-19-11-3/h53-56H,9-43,45-51H2,1-8H3. The molecule has 2 heteroatoms. The average molecular weight is 958 g/mol. The first kappa shape index (κ1) is 61.4. The molecule has 0 saturated heterocycles. The summed E-state index contributed by atoms with van der Waals surface area (Å²) in [7, 11) is 0. The molecule has 0 amide bonds. The molecule has 394 valence electrons. The maximum Gasteiger partial charge on any atom is 0.223 e. The van der Waals surface area contributed by atoms with Gasteiger partial charge in [-0.05, 0) is 135 Å². The fourth-order valence-electron chi connectivity index (χ4n) is 11.4. The first-order chi connectivity index (χ1) is 34.4. The summed E-state index contributed by atoms with van der Waals surface area (Å²) in [5, 5.41) is 0. The molecule has 0 spiro atoms. The summed E-state index contributed by atoms with van der Waals surface area (Å²) in [6.07, 6.45) is 53.1. The largest absolute Gasteiger partial charge is 0.493 e. The first-order valence-corrected chi connectivity index (χ1v) is 31.2. The quantitative estimate of drug-likeness (QED) is 0.0360. The maximum atomic E-state index is 13.1. The number of aryl methyl sites for hydroxylation is 4. The van der Waals surface area contributed by atoms with Crippen molar-refractivity contribution in [2.45, 2.75) is 325 Å². The van der Waals surface area contributed by atoms with Crippen molar-refractivity contribution >= 4 is 11.4 Å². The molecule has 0 unspecified atom stereocenters. The zero-order valence-corrected chi connectivity index (χ0v) is 47.9. The van der Waals surface area contributed by atoms with Gasteiger partial charge in [-0.1, -0.05) is 253 Å². The van der Waals surface area contributed by atoms with Gasteiger partial charge in [-0.2, -0.15) is 0 Å². The molecular weight excluding hydrogens is 845 g/mol. The second-order valence-corrected chi connectivity index (χ2v) is 21.9. The molecule has 0 aromatic heterocycles. The maximum absolute atomic E-state index is 13.1. The smallest absolute Gasteiger partial charge is 0.223 e. The Hall–Kier alpha value is -2.92. The summed E-state index contributed by atoms with van der Waals surface area (Å²) in [6.45, 7) is 18.6. The van der Waals surface area contributed by atoms with Crippen LogP contribution in [0.2, 0.25) is 0 Å². The van der Waals surface area contributed by atoms with Gasteiger partial charge in [0.05, 0.1) is 0 Å². The molecule has 2 aromatic carbocycles. The second kappa shape index (κ2) is 39.6. The highest BCUT2D eigenvalue weighted by atomic mass is 15.2. The Kier molecular flexibility index (Phi) is 34.7. The van der Waals surface area contributed by atoms with E-state index in [1.165, 1.54) is 225 Å². The molecule has 3 rings (SSSR count). The number of benzene rings is 2. The summed E-state index contributed by atoms with van der Waals surface area (Å²) in [4.78, 5) is 0. The molecule has 0 N–H and O–H groups in total. The van der Waals surface area contributed by atoms with Gasteiger partial charge >= 0.3 is 0 Å². The molecule has 1 heterocycles. The molecule has 0 saturated carbocycles. The van der Waals surface area contributed by atoms with Crippen LogP contribution in [0.5, 0.6) is 0 Å². The summed E-state index contributed by atoms with van der Waals surface area (Å²) in [5.41, 5.74) is 29.0. The molecule has 1 aliphatic heterocycles. The van der Waals surface area contributed by atoms with Crippen molar-refractivity contribution in [3.63, 3.8) is 0 Å². The number of hydrogen-bond acceptors (Lipinski definition) is 0. The van der Waals surface area contributed by atoms with Crippen LogP contribution in [0.3, 0.4) is 0 Å². The highest BCUT2D eigenvalue weighted by molar-refractivity contribution is 5.86. The van der Waals surface area contributed by atoms with E-state index in [-0.39, 0.29) is 0 Å². The molecule has 0 fully saturated rings. The minimum absolute atomic E-state index is 0.923. The van der Waals surface area contributed by atoms with Crippen LogP contribution in [0.1, 0.15) is 331 Å². The van der Waals surface area contributed by atoms with Crippen LogP contribution in [-0.2, 0) is 38.5 Å². The zero-order chi connectivity index (χ0) is 50.4. The molecule has 70 heavy (non-hydrogen) atoms. The molecular formula is C68H112N2. The van der Waals surface area contributed by atoms with Gasteiger partial charge in [0.2, 0.25) is 11.4 Å². The molecule has 0 aliphatic carbocycles. The summed E-state index contributed by atoms with van der Waals surface area (Å²) < 4.78 is 1.66. The summed E-state index contributed by atoms with van der Waals surface area (Å²) in [6, 6.07) is 10.0. The predicted molar refractivity (Wildman–Crippen MR) is 312 cm³/mol. The summed E-state index contributed by atoms with van der Waals surface area (Å²) in [5.74, 6) is 7.64. The van der Waals surface area contributed by atoms with Gasteiger partial charge in [-0.3, -0.25) is 0 Å². The van der Waals surface area contributed by atoms with Gasteiger partial charge < -0.3 is 5.53 Å². The van der Waals surface area contributed by atoms with Crippen LogP contribution < -0.4 is 0 Å². The number of unbranched alkanes of at least 4 members (excludes halogenated alkanes) is 27. The van der Waals surface area contributed by atoms with Crippen LogP contribution in [0, 0.1) is 11.8 Å². The molecule has 0 atom stereocenters. The van der Waals surface area contributed by atoms with Gasteiger partial charge in [-0.15, -0.1) is 0 Å². The Bertz CT molecular complexity index is 1780. The third-order valence-corrected chi connectivity index (χ3v) is 15.5. The monoisotopic (exact) mass is 957 g/mol. The Balaban J connectivity index is 2.01. The van der Waals surface area contributed by atoms with Crippen molar-refractivity contribution in [3.05, 3.63) is 85.5 Å². The van der Waals surface area contributed by atoms with Crippen LogP contribution in [-0.4, -0.2) is 4.70 Å². The van der Waals surface area contributed by atoms with Crippen molar-refractivity contribution in [3.8, 4) is 11.8 Å². The third-order valence-electron chi connectivity index (χ3n) is 15.5. The van der Waals surface area contributed by atoms with Crippen LogP contribution in [0.25, 0.3) is 16.9 Å². The van der Waals surface area contributed by atoms with Gasteiger partial charge in [0.15, 0.2) is 0 Å². The Morgan fingerprint density at radius 1 is 0.329 bits per heavy atom. The minimum atomic E-state index is 0.923. The van der Waals surface area contributed by atoms with Crippen molar-refractivity contribution in [2.75, 3.05) is 0 Å². The lowest BCUT2D eigenvalue weighted by atomic mass is 9.86. The first-order valence-electron chi connectivity index (χ1n) is 31.2. The van der Waals surface area contributed by atoms with E-state index in [0.29, 0.717) is 0 Å². The normalized spacial score (nSPS) is 12.8. The van der Waals surface area contributed by atoms with Crippen LogP contribution in [0.15, 0.2) is 35.4 Å². The van der Waals surface area contributed by atoms with E-state index >= 15 is 0 Å². The Morgan fingerprint density at radius 3 is 1.09 bits per heavy atom. The number of allylic oxidation sites excluding steroid dienone is 2. The van der Waals surface area contributed by atoms with Crippen LogP contribution >= 0.6 is 0 Å². The third kappa shape index (κ3) is 22.5. The number of nitrogens with zero attached hydrogens (tertiary/aromatic N) is 2. The van der Waals surface area contributed by atoms with Crippen molar-refractivity contribution < 1.29 is 4.70 Å². The lowest BCUT2D eigenvalue weighted by Crippen LogP contribution is -2.09. The van der Waals surface area contributed by atoms with E-state index in [9.17, 15) is 5.53 Å². The van der Waals surface area contributed by atoms with E-state index in [1.807, 2.05) is 0 Å². The van der Waals surface area contributed by atoms with Crippen molar-refractivity contribution in [1.82, 2.24) is 0 Å². The predicted octanol–water partition coefficient (Wildman–Crippen LogP) is 22.3. The van der Waals surface area contributed by atoms with E-state index in [0.717, 1.165) is 100 Å². The number of hydrogen-bond donors (Lipinski definition) is 0. The average Bonchev–Trinajstić information content (AvgIpc) is 3.64. The van der Waals surface area contributed by atoms with E-state index < -0.39 is 0 Å². The lowest BCUT2D eigenvalue weighted by Gasteiger charge is -2.20. The van der Waals surface area contributed by atoms with Gasteiger partial charge in [0.1, 0.15) is 5.57 Å². The highest BCUT2D eigenvalue weighted by Crippen LogP contribution is 2.44. The van der Waals surface area contributed by atoms with Gasteiger partial charge in [0, 0.05) is 23.1 Å². The Morgan fingerprint density at radius 2 is 0.671 bits per heavy atom. The zero-order valence-electron chi connectivity index (χ0n) is 47.9. The SMILES string of the molecule is CCCCCCCCCCCCCCCCCCCC#CC1=C(c2cc(CCCCCC)c(CCCCCC)c(CCCCCC)c2)[N+](=[N-])C(c2cc(CCC)c(CCC)c(CCC)c2)=C1CCCC. The van der Waals surface area contributed by atoms with Gasteiger partial charge in [-0.25, -0.2) is 4.70 Å². The van der Waals surface area contributed by atoms with Gasteiger partial charge in [0.25, 0.3) is 0 Å². The van der Waals surface area contributed by atoms with E-state index in [2.05, 4.69) is 91.5 Å². The van der Waals surface area contributed by atoms with Crippen molar-refractivity contribution in [2.24, 2.45) is 0 Å². The minimum Gasteiger partial charge on any atom is -0.493 e. The van der Waals surface area contributed by atoms with Crippen LogP contribution in [0.4, 0.5) is 0 Å². The molecule has 0 bridgehead atoms. The highest BCUT2D eigenvalue weighted by Gasteiger charge is 2.36. The lowest BCUT2D eigenvalue weighted by molar-refractivity contribution is -0.345. The topological polar surface area (TPSA) is 25.3 Å². The molecule has 0 radical (unpaired) electrons. The molecule has 1 aliphatic rings. The van der Waals surface area contributed by atoms with E-state index in [1.54, 1.807) is 15.8 Å². The number of rotatable bonds is 43. The fourth-order valence-corrected chi connectivity index (χ4v) is 11.4. The molecule has 2 nitrogen and oxygen atoms in total. The fraction of sp³-hybridized carbons (Fsp3) is 0.735.